The van der Waals surface area contributed by atoms with Crippen molar-refractivity contribution < 1.29 is 29.7 Å². The van der Waals surface area contributed by atoms with Gasteiger partial charge in [-0.1, -0.05) is 30.9 Å². The molecule has 2 rings (SSSR count). The molecule has 2 aromatic carbocycles. The molecule has 23 heavy (non-hydrogen) atoms. The molecule has 0 aliphatic carbocycles. The van der Waals surface area contributed by atoms with E-state index in [4.69, 9.17) is 15.3 Å². The van der Waals surface area contributed by atoms with Gasteiger partial charge in [0.05, 0.1) is 16.7 Å². The maximum Gasteiger partial charge on any atom is 0.336 e. The van der Waals surface area contributed by atoms with Crippen LogP contribution in [0.1, 0.15) is 36.6 Å². The number of carbonyl (C=O) groups is 3. The third kappa shape index (κ3) is 5.13. The van der Waals surface area contributed by atoms with Crippen molar-refractivity contribution in [2.45, 2.75) is 0 Å². The van der Waals surface area contributed by atoms with E-state index in [1.165, 1.54) is 30.3 Å². The molecule has 0 aromatic heterocycles. The van der Waals surface area contributed by atoms with Gasteiger partial charge in [-0.3, -0.25) is 0 Å². The lowest BCUT2D eigenvalue weighted by Crippen LogP contribution is -1.99. The van der Waals surface area contributed by atoms with Crippen molar-refractivity contribution in [1.29, 1.82) is 0 Å². The summed E-state index contributed by atoms with van der Waals surface area (Å²) in [7, 11) is 0. The average Bonchev–Trinajstić information content (AvgIpc) is 2.55. The first-order chi connectivity index (χ1) is 10.9. The van der Waals surface area contributed by atoms with E-state index in [2.05, 4.69) is 6.58 Å². The minimum atomic E-state index is -1.06. The maximum absolute atomic E-state index is 10.5. The molecule has 0 spiro atoms. The predicted octanol–water partition coefficient (Wildman–Crippen LogP) is 3.11. The van der Waals surface area contributed by atoms with Crippen LogP contribution in [0.5, 0.6) is 0 Å². The van der Waals surface area contributed by atoms with Crippen LogP contribution in [-0.4, -0.2) is 33.2 Å². The van der Waals surface area contributed by atoms with E-state index in [0.717, 1.165) is 0 Å². The van der Waals surface area contributed by atoms with Crippen molar-refractivity contribution in [3.8, 4) is 0 Å². The maximum atomic E-state index is 10.5. The van der Waals surface area contributed by atoms with Gasteiger partial charge in [-0.25, -0.2) is 14.4 Å². The van der Waals surface area contributed by atoms with Crippen LogP contribution in [0.2, 0.25) is 0 Å². The van der Waals surface area contributed by atoms with E-state index in [-0.39, 0.29) is 11.1 Å². The van der Waals surface area contributed by atoms with Crippen LogP contribution in [0.3, 0.4) is 0 Å². The van der Waals surface area contributed by atoms with Gasteiger partial charge in [-0.15, -0.1) is 0 Å². The molecule has 0 aliphatic heterocycles. The molecule has 0 heterocycles. The highest BCUT2D eigenvalue weighted by Crippen LogP contribution is 2.09. The predicted molar refractivity (Wildman–Crippen MR) is 83.9 cm³/mol. The Balaban J connectivity index is 0.000000231. The van der Waals surface area contributed by atoms with Gasteiger partial charge in [0.15, 0.2) is 0 Å². The summed E-state index contributed by atoms with van der Waals surface area (Å²) >= 11 is 0. The molecule has 3 N–H and O–H groups in total. The van der Waals surface area contributed by atoms with Crippen molar-refractivity contribution in [3.05, 3.63) is 77.4 Å². The van der Waals surface area contributed by atoms with E-state index >= 15 is 0 Å². The molecule has 0 amide bonds. The average molecular weight is 314 g/mol. The summed E-state index contributed by atoms with van der Waals surface area (Å²) in [4.78, 5) is 31.2. The van der Waals surface area contributed by atoms with Gasteiger partial charge in [-0.05, 0) is 35.9 Å². The first-order valence-corrected chi connectivity index (χ1v) is 6.38. The zero-order chi connectivity index (χ0) is 17.4. The van der Waals surface area contributed by atoms with E-state index in [0.29, 0.717) is 11.1 Å². The lowest BCUT2D eigenvalue weighted by atomic mass is 10.1. The fourth-order valence-corrected chi connectivity index (χ4v) is 1.63. The lowest BCUT2D eigenvalue weighted by molar-refractivity contribution is 0.0681. The monoisotopic (exact) mass is 314 g/mol. The van der Waals surface area contributed by atoms with Gasteiger partial charge in [-0.2, -0.15) is 0 Å². The fourth-order valence-electron chi connectivity index (χ4n) is 1.63. The molecular formula is C17H14O6. The lowest BCUT2D eigenvalue weighted by Gasteiger charge is -1.97. The molecule has 2 aromatic rings. The molecule has 0 radical (unpaired) electrons. The Morgan fingerprint density at radius 2 is 1.17 bits per heavy atom. The standard InChI is InChI=1S/C9H8O2.C8H6O4/c1-2-7-5-3-4-6-8(7)9(10)11;9-7(10)5-1-2-6(4-3-5)8(11)12/h2-6H,1H2,(H,10,11);1-4H,(H,9,10)(H,11,12). The quantitative estimate of drug-likeness (QED) is 0.799. The van der Waals surface area contributed by atoms with Crippen molar-refractivity contribution in [2.75, 3.05) is 0 Å². The van der Waals surface area contributed by atoms with E-state index < -0.39 is 17.9 Å². The number of benzene rings is 2. The van der Waals surface area contributed by atoms with Crippen LogP contribution < -0.4 is 0 Å². The topological polar surface area (TPSA) is 112 Å². The molecule has 6 heteroatoms. The number of carboxylic acids is 3. The van der Waals surface area contributed by atoms with Crippen LogP contribution in [0.15, 0.2) is 55.1 Å². The van der Waals surface area contributed by atoms with Gasteiger partial charge < -0.3 is 15.3 Å². The second-order valence-electron chi connectivity index (χ2n) is 4.28. The number of aromatic carboxylic acids is 3. The molecule has 6 nitrogen and oxygen atoms in total. The highest BCUT2D eigenvalue weighted by Gasteiger charge is 2.05. The van der Waals surface area contributed by atoms with E-state index in [9.17, 15) is 14.4 Å². The van der Waals surface area contributed by atoms with Gasteiger partial charge in [0.2, 0.25) is 0 Å². The van der Waals surface area contributed by atoms with Crippen molar-refractivity contribution in [3.63, 3.8) is 0 Å². The number of carboxylic acid groups (broad SMARTS) is 3. The van der Waals surface area contributed by atoms with Crippen LogP contribution in [0.4, 0.5) is 0 Å². The first kappa shape index (κ1) is 17.6. The van der Waals surface area contributed by atoms with Crippen LogP contribution in [0, 0.1) is 0 Å². The third-order valence-corrected chi connectivity index (χ3v) is 2.79. The van der Waals surface area contributed by atoms with Gasteiger partial charge in [0.1, 0.15) is 0 Å². The van der Waals surface area contributed by atoms with E-state index in [1.807, 2.05) is 0 Å². The SMILES string of the molecule is C=Cc1ccccc1C(=O)O.O=C(O)c1ccc(C(=O)O)cc1. The Morgan fingerprint density at radius 1 is 0.739 bits per heavy atom. The summed E-state index contributed by atoms with van der Waals surface area (Å²) < 4.78 is 0. The summed E-state index contributed by atoms with van der Waals surface area (Å²) in [6, 6.07) is 11.8. The Morgan fingerprint density at radius 3 is 1.48 bits per heavy atom. The second kappa shape index (κ2) is 8.14. The first-order valence-electron chi connectivity index (χ1n) is 6.38. The summed E-state index contributed by atoms with van der Waals surface area (Å²) in [6.07, 6.45) is 1.53. The number of hydrogen-bond donors (Lipinski definition) is 3. The molecule has 0 saturated carbocycles. The van der Waals surface area contributed by atoms with Crippen LogP contribution in [0.25, 0.3) is 6.08 Å². The number of rotatable bonds is 4. The van der Waals surface area contributed by atoms with E-state index in [1.54, 1.807) is 24.3 Å². The van der Waals surface area contributed by atoms with Crippen molar-refractivity contribution in [1.82, 2.24) is 0 Å². The minimum Gasteiger partial charge on any atom is -0.478 e. The highest BCUT2D eigenvalue weighted by atomic mass is 16.4. The molecule has 0 saturated heterocycles. The third-order valence-electron chi connectivity index (χ3n) is 2.79. The summed E-state index contributed by atoms with van der Waals surface area (Å²) in [6.45, 7) is 3.51. The van der Waals surface area contributed by atoms with Crippen molar-refractivity contribution in [2.24, 2.45) is 0 Å². The highest BCUT2D eigenvalue weighted by molar-refractivity contribution is 5.92. The zero-order valence-electron chi connectivity index (χ0n) is 12.0. The fraction of sp³-hybridized carbons (Fsp3) is 0. The van der Waals surface area contributed by atoms with Crippen LogP contribution in [-0.2, 0) is 0 Å². The molecule has 0 atom stereocenters. The van der Waals surface area contributed by atoms with Gasteiger partial charge >= 0.3 is 17.9 Å². The minimum absolute atomic E-state index is 0.0833. The summed E-state index contributed by atoms with van der Waals surface area (Å²) in [5.41, 5.74) is 1.11. The Labute approximate surface area is 131 Å². The smallest absolute Gasteiger partial charge is 0.336 e. The second-order valence-corrected chi connectivity index (χ2v) is 4.28. The Bertz CT molecular complexity index is 698. The van der Waals surface area contributed by atoms with Gasteiger partial charge in [0.25, 0.3) is 0 Å². The number of hydrogen-bond acceptors (Lipinski definition) is 3. The largest absolute Gasteiger partial charge is 0.478 e. The molecule has 0 fully saturated rings. The van der Waals surface area contributed by atoms with Gasteiger partial charge in [0, 0.05) is 0 Å². The normalized spacial score (nSPS) is 9.22. The Hall–Kier alpha value is -3.41. The molecule has 118 valence electrons. The summed E-state index contributed by atoms with van der Waals surface area (Å²) in [5, 5.41) is 25.6. The molecule has 0 bridgehead atoms. The summed E-state index contributed by atoms with van der Waals surface area (Å²) in [5.74, 6) is -3.04. The Kier molecular flexibility index (Phi) is 6.24. The molecular weight excluding hydrogens is 300 g/mol. The molecule has 0 unspecified atom stereocenters. The molecule has 0 aliphatic rings. The van der Waals surface area contributed by atoms with Crippen LogP contribution >= 0.6 is 0 Å². The van der Waals surface area contributed by atoms with Crippen molar-refractivity contribution >= 4 is 24.0 Å². The zero-order valence-corrected chi connectivity index (χ0v) is 12.0.